The van der Waals surface area contributed by atoms with Crippen LogP contribution in [-0.4, -0.2) is 239 Å². The summed E-state index contributed by atoms with van der Waals surface area (Å²) in [6.45, 7) is 5.63. The van der Waals surface area contributed by atoms with Gasteiger partial charge in [-0.3, -0.25) is 4.79 Å². The maximum atomic E-state index is 14.1. The highest BCUT2D eigenvalue weighted by Crippen LogP contribution is 2.66. The van der Waals surface area contributed by atoms with Crippen molar-refractivity contribution in [3.05, 3.63) is 11.6 Å². The van der Waals surface area contributed by atoms with E-state index in [1.165, 1.54) is 0 Å². The Bertz CT molecular complexity index is 1860. The molecule has 28 atom stereocenters. The Hall–Kier alpha value is -1.47. The van der Waals surface area contributed by atoms with Crippen molar-refractivity contribution >= 4 is 5.78 Å². The average molecular weight is 1050 g/mol. The van der Waals surface area contributed by atoms with Gasteiger partial charge >= 0.3 is 0 Å². The topological polar surface area (TPSA) is 374 Å². The van der Waals surface area contributed by atoms with Crippen LogP contribution in [0.15, 0.2) is 11.6 Å². The van der Waals surface area contributed by atoms with Crippen LogP contribution in [0, 0.1) is 46.3 Å². The molecule has 14 N–H and O–H groups in total. The van der Waals surface area contributed by atoms with E-state index in [2.05, 4.69) is 27.7 Å². The van der Waals surface area contributed by atoms with Gasteiger partial charge in [-0.25, -0.2) is 0 Å². The number of aliphatic hydroxyl groups is 14. The molecule has 0 aromatic rings. The number of Topliss-reactive ketones (excluding diaryl/α,β-unsaturated/α-hetero) is 1. The normalized spacial score (nSPS) is 50.8. The molecule has 7 fully saturated rings. The minimum Gasteiger partial charge on any atom is -0.396 e. The van der Waals surface area contributed by atoms with Gasteiger partial charge in [0.1, 0.15) is 103 Å². The molecule has 0 unspecified atom stereocenters. The number of hydrogen-bond acceptors (Lipinski definition) is 23. The van der Waals surface area contributed by atoms with Crippen LogP contribution in [0.4, 0.5) is 0 Å². The number of rotatable bonds is 17. The van der Waals surface area contributed by atoms with Gasteiger partial charge in [-0.1, -0.05) is 46.6 Å². The van der Waals surface area contributed by atoms with Crippen molar-refractivity contribution in [3.8, 4) is 0 Å². The van der Waals surface area contributed by atoms with Crippen LogP contribution < -0.4 is 0 Å². The first-order valence-electron chi connectivity index (χ1n) is 26.3. The van der Waals surface area contributed by atoms with Gasteiger partial charge in [-0.05, 0) is 84.5 Å². The molecule has 0 spiro atoms. The Balaban J connectivity index is 1.03. The molecule has 0 aromatic heterocycles. The van der Waals surface area contributed by atoms with Crippen LogP contribution in [0.3, 0.4) is 0 Å². The summed E-state index contributed by atoms with van der Waals surface area (Å²) in [6.07, 6.45) is -27.8. The van der Waals surface area contributed by atoms with Crippen LogP contribution in [0.5, 0.6) is 0 Å². The molecular formula is C50H82O23. The lowest BCUT2D eigenvalue weighted by Gasteiger charge is -2.59. The summed E-state index contributed by atoms with van der Waals surface area (Å²) in [4.78, 5) is 14.1. The second kappa shape index (κ2) is 23.5. The van der Waals surface area contributed by atoms with E-state index in [-0.39, 0.29) is 53.8 Å². The van der Waals surface area contributed by atoms with Crippen molar-refractivity contribution in [1.29, 1.82) is 0 Å². The Morgan fingerprint density at radius 1 is 0.644 bits per heavy atom. The van der Waals surface area contributed by atoms with Gasteiger partial charge in [0.05, 0.1) is 32.5 Å². The van der Waals surface area contributed by atoms with E-state index in [1.54, 1.807) is 0 Å². The van der Waals surface area contributed by atoms with Crippen molar-refractivity contribution in [2.45, 2.75) is 214 Å². The largest absolute Gasteiger partial charge is 0.396 e. The van der Waals surface area contributed by atoms with Gasteiger partial charge in [-0.15, -0.1) is 0 Å². The third kappa shape index (κ3) is 10.9. The minimum absolute atomic E-state index is 0.0344. The SMILES string of the molecule is CC(C)CCC[C@@H](CO)[C@H]1CC(=O)[C@H]2[C@@H]3CC=C4[C@@H](O)[C@@H](O[C@@H]5O[C@H](CO)[C@@H](O[C@@H]6O[C@H](CO)[C@H](O)[C@H](O)[C@H]6O)[C@H](O[C@@H]6OC[C@@H](O)[C@@H](O)[C@@H]6O[C@@H]6O[C@H](CO)[C@H](O)[C@H](O)[C@H]6O)[C@H]5O)CC[C@]4(C)[C@H]3CC[C@]12C. The standard InChI is InChI=1S/C50H82O23/c1-20(2)6-5-7-21(15-51)25-14-26(55)32-22-8-9-24-33(57)28(11-13-49(24,3)23(22)10-12-50(25,32)4)67-47-41(65)43(42(31(18-54)70-47)71-45-39(63)37(61)35(59)29(16-52)68-45)72-48-44(34(58)27(56)19-66-48)73-46-40(64)38(62)36(60)30(17-53)69-46/h9,20-23,25,27-48,51-54,56-65H,5-8,10-19H2,1-4H3/t21-,22+,23-,25+,27+,28-,29+,30+,31+,32+,33+,34+,35-,36-,37-,38-,39+,40+,41+,42+,43+,44-,45-,46-,47+,48-,49+,50+/m0/s1. The second-order valence-electron chi connectivity index (χ2n) is 23.0. The summed E-state index contributed by atoms with van der Waals surface area (Å²) in [5.41, 5.74) is -0.0584. The van der Waals surface area contributed by atoms with Crippen molar-refractivity contribution < 1.29 is 114 Å². The quantitative estimate of drug-likeness (QED) is 0.0627. The highest BCUT2D eigenvalue weighted by Gasteiger charge is 2.64. The van der Waals surface area contributed by atoms with E-state index in [0.717, 1.165) is 37.7 Å². The van der Waals surface area contributed by atoms with Crippen molar-refractivity contribution in [2.24, 2.45) is 46.3 Å². The first-order valence-corrected chi connectivity index (χ1v) is 26.3. The molecule has 4 heterocycles. The molecule has 23 nitrogen and oxygen atoms in total. The maximum Gasteiger partial charge on any atom is 0.187 e. The summed E-state index contributed by atoms with van der Waals surface area (Å²) in [6, 6.07) is 0. The predicted octanol–water partition coefficient (Wildman–Crippen LogP) is -3.55. The summed E-state index contributed by atoms with van der Waals surface area (Å²) in [5.74, 6) is 0.821. The summed E-state index contributed by atoms with van der Waals surface area (Å²) < 4.78 is 47.7. The fourth-order valence-electron chi connectivity index (χ4n) is 14.1. The van der Waals surface area contributed by atoms with E-state index >= 15 is 0 Å². The third-order valence-electron chi connectivity index (χ3n) is 18.2. The van der Waals surface area contributed by atoms with E-state index in [9.17, 15) is 76.3 Å². The summed E-state index contributed by atoms with van der Waals surface area (Å²) >= 11 is 0. The maximum absolute atomic E-state index is 14.1. The van der Waals surface area contributed by atoms with Gasteiger partial charge in [0.2, 0.25) is 0 Å². The number of carbonyl (C=O) groups is 1. The number of allylic oxidation sites excluding steroid dienone is 1. The van der Waals surface area contributed by atoms with Crippen LogP contribution in [-0.2, 0) is 42.7 Å². The minimum atomic E-state index is -1.98. The smallest absolute Gasteiger partial charge is 0.187 e. The zero-order valence-corrected chi connectivity index (χ0v) is 42.0. The van der Waals surface area contributed by atoms with Gasteiger partial charge in [0.25, 0.3) is 0 Å². The van der Waals surface area contributed by atoms with Crippen molar-refractivity contribution in [1.82, 2.24) is 0 Å². The molecule has 3 saturated carbocycles. The first-order chi connectivity index (χ1) is 34.6. The summed E-state index contributed by atoms with van der Waals surface area (Å²) in [5, 5.41) is 151. The number of fused-ring (bicyclic) bond motifs is 5. The third-order valence-corrected chi connectivity index (χ3v) is 18.2. The molecule has 0 amide bonds. The monoisotopic (exact) mass is 1050 g/mol. The molecule has 420 valence electrons. The molecule has 0 radical (unpaired) electrons. The lowest BCUT2D eigenvalue weighted by Crippen LogP contribution is -2.67. The molecule has 0 bridgehead atoms. The van der Waals surface area contributed by atoms with Gasteiger partial charge in [0, 0.05) is 18.9 Å². The fourth-order valence-corrected chi connectivity index (χ4v) is 14.1. The Kier molecular flexibility index (Phi) is 18.6. The number of hydrogen-bond donors (Lipinski definition) is 14. The highest BCUT2D eigenvalue weighted by atomic mass is 16.8. The summed E-state index contributed by atoms with van der Waals surface area (Å²) in [7, 11) is 0. The Morgan fingerprint density at radius 3 is 1.81 bits per heavy atom. The number of aliphatic hydroxyl groups excluding tert-OH is 14. The zero-order chi connectivity index (χ0) is 53.0. The van der Waals surface area contributed by atoms with Crippen molar-refractivity contribution in [3.63, 3.8) is 0 Å². The molecule has 4 aliphatic heterocycles. The number of carbonyl (C=O) groups excluding carboxylic acids is 1. The molecule has 8 aliphatic rings. The number of ether oxygens (including phenoxy) is 8. The van der Waals surface area contributed by atoms with Crippen LogP contribution in [0.1, 0.15) is 85.5 Å². The lowest BCUT2D eigenvalue weighted by molar-refractivity contribution is -0.397. The van der Waals surface area contributed by atoms with Gasteiger partial charge in [0.15, 0.2) is 25.2 Å². The van der Waals surface area contributed by atoms with Crippen LogP contribution in [0.25, 0.3) is 0 Å². The van der Waals surface area contributed by atoms with E-state index in [0.29, 0.717) is 25.2 Å². The van der Waals surface area contributed by atoms with E-state index in [4.69, 9.17) is 37.9 Å². The van der Waals surface area contributed by atoms with E-state index in [1.807, 2.05) is 6.08 Å². The molecule has 73 heavy (non-hydrogen) atoms. The Labute approximate surface area is 424 Å². The Morgan fingerprint density at radius 2 is 1.22 bits per heavy atom. The highest BCUT2D eigenvalue weighted by molar-refractivity contribution is 5.85. The lowest BCUT2D eigenvalue weighted by atomic mass is 9.46. The molecule has 8 rings (SSSR count). The molecular weight excluding hydrogens is 969 g/mol. The van der Waals surface area contributed by atoms with Crippen LogP contribution in [0.2, 0.25) is 0 Å². The molecule has 23 heteroatoms. The predicted molar refractivity (Wildman–Crippen MR) is 247 cm³/mol. The zero-order valence-electron chi connectivity index (χ0n) is 42.0. The number of ketones is 1. The van der Waals surface area contributed by atoms with E-state index < -0.39 is 161 Å². The van der Waals surface area contributed by atoms with Crippen molar-refractivity contribution in [2.75, 3.05) is 33.0 Å². The molecule has 4 aliphatic carbocycles. The second-order valence-corrected chi connectivity index (χ2v) is 23.0. The molecule has 4 saturated heterocycles. The average Bonchev–Trinajstić information content (AvgIpc) is 3.64. The van der Waals surface area contributed by atoms with Crippen LogP contribution >= 0.6 is 0 Å². The first kappa shape index (κ1) is 57.7. The van der Waals surface area contributed by atoms with Gasteiger partial charge in [-0.2, -0.15) is 0 Å². The molecule has 0 aromatic carbocycles. The fraction of sp³-hybridized carbons (Fsp3) is 0.940. The van der Waals surface area contributed by atoms with Gasteiger partial charge < -0.3 is 109 Å².